The van der Waals surface area contributed by atoms with Crippen LogP contribution >= 0.6 is 0 Å². The van der Waals surface area contributed by atoms with E-state index in [4.69, 9.17) is 5.73 Å². The van der Waals surface area contributed by atoms with E-state index in [2.05, 4.69) is 5.32 Å². The van der Waals surface area contributed by atoms with Gasteiger partial charge in [0.1, 0.15) is 11.6 Å². The number of halogens is 2. The lowest BCUT2D eigenvalue weighted by Crippen LogP contribution is -2.44. The molecule has 1 rings (SSSR count). The van der Waals surface area contributed by atoms with Crippen LogP contribution in [0.25, 0.3) is 0 Å². The summed E-state index contributed by atoms with van der Waals surface area (Å²) in [7, 11) is 3.92. The molecule has 20 heavy (non-hydrogen) atoms. The molecular formula is C14H23F2N3O. The first-order valence-corrected chi connectivity index (χ1v) is 6.62. The maximum atomic E-state index is 13.0. The van der Waals surface area contributed by atoms with Gasteiger partial charge in [-0.1, -0.05) is 0 Å². The molecular weight excluding hydrogens is 264 g/mol. The molecule has 1 aromatic carbocycles. The van der Waals surface area contributed by atoms with E-state index in [1.165, 1.54) is 12.1 Å². The Morgan fingerprint density at radius 2 is 1.85 bits per heavy atom. The number of nitrogens with one attached hydrogen (secondary N) is 1. The van der Waals surface area contributed by atoms with Crippen molar-refractivity contribution in [2.24, 2.45) is 5.73 Å². The van der Waals surface area contributed by atoms with Crippen LogP contribution in [0, 0.1) is 11.6 Å². The van der Waals surface area contributed by atoms with Crippen molar-refractivity contribution in [2.45, 2.75) is 18.6 Å². The van der Waals surface area contributed by atoms with Crippen LogP contribution in [0.15, 0.2) is 18.2 Å². The van der Waals surface area contributed by atoms with Gasteiger partial charge in [-0.15, -0.1) is 0 Å². The molecule has 0 heterocycles. The van der Waals surface area contributed by atoms with Gasteiger partial charge in [0, 0.05) is 31.7 Å². The van der Waals surface area contributed by atoms with Crippen molar-refractivity contribution >= 4 is 0 Å². The van der Waals surface area contributed by atoms with E-state index >= 15 is 0 Å². The van der Waals surface area contributed by atoms with Crippen LogP contribution in [0.1, 0.15) is 5.56 Å². The predicted molar refractivity (Wildman–Crippen MR) is 75.5 cm³/mol. The van der Waals surface area contributed by atoms with Gasteiger partial charge in [0.2, 0.25) is 0 Å². The molecule has 0 aromatic heterocycles. The average molecular weight is 287 g/mol. The molecule has 6 heteroatoms. The molecule has 0 aliphatic rings. The highest BCUT2D eigenvalue weighted by Crippen LogP contribution is 2.10. The van der Waals surface area contributed by atoms with Crippen molar-refractivity contribution in [1.82, 2.24) is 10.2 Å². The Morgan fingerprint density at radius 1 is 1.25 bits per heavy atom. The summed E-state index contributed by atoms with van der Waals surface area (Å²) in [4.78, 5) is 2.02. The lowest BCUT2D eigenvalue weighted by atomic mass is 10.0. The third-order valence-corrected chi connectivity index (χ3v) is 2.98. The fourth-order valence-electron chi connectivity index (χ4n) is 1.84. The van der Waals surface area contributed by atoms with Gasteiger partial charge in [-0.25, -0.2) is 8.78 Å². The van der Waals surface area contributed by atoms with E-state index in [1.807, 2.05) is 19.0 Å². The Bertz CT molecular complexity index is 395. The molecule has 0 amide bonds. The number of hydrogen-bond acceptors (Lipinski definition) is 4. The quantitative estimate of drug-likeness (QED) is 0.604. The van der Waals surface area contributed by atoms with Crippen LogP contribution in [0.3, 0.4) is 0 Å². The molecule has 0 unspecified atom stereocenters. The lowest BCUT2D eigenvalue weighted by molar-refractivity contribution is 0.141. The normalized spacial score (nSPS) is 14.6. The zero-order valence-electron chi connectivity index (χ0n) is 11.9. The monoisotopic (exact) mass is 287 g/mol. The standard InChI is InChI=1S/C14H23F2N3O/c1-19(2)4-3-18-9-14(20)13(17)7-10-5-11(15)8-12(16)6-10/h5-6,8,13-14,18,20H,3-4,7,9,17H2,1-2H3/t13-,14+/m0/s1. The summed E-state index contributed by atoms with van der Waals surface area (Å²) in [5.41, 5.74) is 6.29. The summed E-state index contributed by atoms with van der Waals surface area (Å²) in [6.07, 6.45) is -0.533. The van der Waals surface area contributed by atoms with Gasteiger partial charge in [-0.05, 0) is 38.2 Å². The van der Waals surface area contributed by atoms with Crippen molar-refractivity contribution in [3.8, 4) is 0 Å². The molecule has 0 spiro atoms. The number of likely N-dealkylation sites (N-methyl/N-ethyl adjacent to an activating group) is 1. The van der Waals surface area contributed by atoms with E-state index in [0.717, 1.165) is 19.2 Å². The van der Waals surface area contributed by atoms with Crippen molar-refractivity contribution in [2.75, 3.05) is 33.7 Å². The van der Waals surface area contributed by atoms with Gasteiger partial charge in [-0.3, -0.25) is 0 Å². The third kappa shape index (κ3) is 6.38. The van der Waals surface area contributed by atoms with Crippen LogP contribution in [-0.4, -0.2) is 55.9 Å². The molecule has 0 saturated carbocycles. The van der Waals surface area contributed by atoms with Gasteiger partial charge in [-0.2, -0.15) is 0 Å². The number of aliphatic hydroxyl groups is 1. The minimum Gasteiger partial charge on any atom is -0.390 e. The number of hydrogen-bond donors (Lipinski definition) is 3. The Labute approximate surface area is 118 Å². The fraction of sp³-hybridized carbons (Fsp3) is 0.571. The number of rotatable bonds is 8. The highest BCUT2D eigenvalue weighted by Gasteiger charge is 2.15. The summed E-state index contributed by atoms with van der Waals surface area (Å²) in [6, 6.07) is 2.71. The Balaban J connectivity index is 2.39. The number of nitrogens with zero attached hydrogens (tertiary/aromatic N) is 1. The topological polar surface area (TPSA) is 61.5 Å². The Kier molecular flexibility index (Phi) is 7.01. The maximum absolute atomic E-state index is 13.0. The summed E-state index contributed by atoms with van der Waals surface area (Å²) >= 11 is 0. The summed E-state index contributed by atoms with van der Waals surface area (Å²) in [5, 5.41) is 13.0. The first-order valence-electron chi connectivity index (χ1n) is 6.62. The van der Waals surface area contributed by atoms with Gasteiger partial charge in [0.05, 0.1) is 6.10 Å². The minimum atomic E-state index is -0.761. The fourth-order valence-corrected chi connectivity index (χ4v) is 1.84. The van der Waals surface area contributed by atoms with E-state index in [9.17, 15) is 13.9 Å². The van der Waals surface area contributed by atoms with Gasteiger partial charge in [0.25, 0.3) is 0 Å². The Morgan fingerprint density at radius 3 is 2.40 bits per heavy atom. The molecule has 2 atom stereocenters. The second kappa shape index (κ2) is 8.26. The molecule has 0 bridgehead atoms. The highest BCUT2D eigenvalue weighted by atomic mass is 19.1. The van der Waals surface area contributed by atoms with Crippen molar-refractivity contribution in [3.05, 3.63) is 35.4 Å². The second-order valence-electron chi connectivity index (χ2n) is 5.22. The van der Waals surface area contributed by atoms with E-state index in [-0.39, 0.29) is 6.42 Å². The van der Waals surface area contributed by atoms with Crippen LogP contribution in [0.2, 0.25) is 0 Å². The number of nitrogens with two attached hydrogens (primary N) is 1. The number of aliphatic hydroxyl groups excluding tert-OH is 1. The third-order valence-electron chi connectivity index (χ3n) is 2.98. The molecule has 0 aliphatic heterocycles. The van der Waals surface area contributed by atoms with Crippen LogP contribution in [-0.2, 0) is 6.42 Å². The number of benzene rings is 1. The molecule has 0 fully saturated rings. The SMILES string of the molecule is CN(C)CCNC[C@@H](O)[C@@H](N)Cc1cc(F)cc(F)c1. The Hall–Kier alpha value is -1.08. The van der Waals surface area contributed by atoms with Gasteiger partial charge in [0.15, 0.2) is 0 Å². The minimum absolute atomic E-state index is 0.227. The molecule has 0 aliphatic carbocycles. The van der Waals surface area contributed by atoms with Crippen molar-refractivity contribution in [3.63, 3.8) is 0 Å². The van der Waals surface area contributed by atoms with Crippen molar-refractivity contribution in [1.29, 1.82) is 0 Å². The first kappa shape index (κ1) is 17.0. The molecule has 1 aromatic rings. The largest absolute Gasteiger partial charge is 0.390 e. The second-order valence-corrected chi connectivity index (χ2v) is 5.22. The summed E-state index contributed by atoms with van der Waals surface area (Å²) in [5.74, 6) is -1.27. The van der Waals surface area contributed by atoms with E-state index in [1.54, 1.807) is 0 Å². The van der Waals surface area contributed by atoms with Crippen LogP contribution in [0.5, 0.6) is 0 Å². The average Bonchev–Trinajstić information content (AvgIpc) is 2.32. The highest BCUT2D eigenvalue weighted by molar-refractivity contribution is 5.19. The maximum Gasteiger partial charge on any atom is 0.126 e. The first-order chi connectivity index (χ1) is 9.38. The van der Waals surface area contributed by atoms with Crippen LogP contribution < -0.4 is 11.1 Å². The molecule has 4 nitrogen and oxygen atoms in total. The zero-order valence-corrected chi connectivity index (χ0v) is 11.9. The molecule has 0 radical (unpaired) electrons. The lowest BCUT2D eigenvalue weighted by Gasteiger charge is -2.20. The molecule has 0 saturated heterocycles. The zero-order chi connectivity index (χ0) is 15.1. The van der Waals surface area contributed by atoms with E-state index in [0.29, 0.717) is 12.1 Å². The molecule has 114 valence electrons. The predicted octanol–water partition coefficient (Wildman–Crippen LogP) is 0.347. The smallest absolute Gasteiger partial charge is 0.126 e. The van der Waals surface area contributed by atoms with Crippen LogP contribution in [0.4, 0.5) is 8.78 Å². The molecule has 4 N–H and O–H groups in total. The van der Waals surface area contributed by atoms with Crippen molar-refractivity contribution < 1.29 is 13.9 Å². The summed E-state index contributed by atoms with van der Waals surface area (Å²) < 4.78 is 26.1. The van der Waals surface area contributed by atoms with E-state index < -0.39 is 23.8 Å². The van der Waals surface area contributed by atoms with Gasteiger partial charge < -0.3 is 21.1 Å². The summed E-state index contributed by atoms with van der Waals surface area (Å²) in [6.45, 7) is 1.95. The van der Waals surface area contributed by atoms with Gasteiger partial charge >= 0.3 is 0 Å².